The second-order valence-corrected chi connectivity index (χ2v) is 9.84. The molecule has 0 aliphatic carbocycles. The van der Waals surface area contributed by atoms with E-state index in [1.807, 2.05) is 33.7 Å². The van der Waals surface area contributed by atoms with Crippen LogP contribution in [0.15, 0.2) is 42.6 Å². The third-order valence-corrected chi connectivity index (χ3v) is 6.12. The van der Waals surface area contributed by atoms with E-state index < -0.39 is 0 Å². The standard InChI is InChI=1S/C28H37N3O4/c1-19(2)13-15-30(16-14-20(3)4)28(34)22-9-11-25-29-27(21-7-6-8-23(32)17-21)24(31(25)18-22)10-12-26(33)35-5/h6-9,11,17-20,32H,10,12-16H2,1-5H3. The van der Waals surface area contributed by atoms with E-state index in [2.05, 4.69) is 27.7 Å². The number of phenolic OH excluding ortho intramolecular Hbond substituents is 1. The molecule has 2 aromatic heterocycles. The lowest BCUT2D eigenvalue weighted by atomic mass is 10.1. The van der Waals surface area contributed by atoms with Crippen molar-refractivity contribution in [1.29, 1.82) is 0 Å². The molecule has 1 amide bonds. The number of aromatic hydroxyl groups is 1. The molecule has 7 nitrogen and oxygen atoms in total. The lowest BCUT2D eigenvalue weighted by Crippen LogP contribution is -2.34. The van der Waals surface area contributed by atoms with Crippen molar-refractivity contribution in [2.24, 2.45) is 11.8 Å². The lowest BCUT2D eigenvalue weighted by Gasteiger charge is -2.24. The number of benzene rings is 1. The van der Waals surface area contributed by atoms with Gasteiger partial charge in [-0.1, -0.05) is 39.8 Å². The number of fused-ring (bicyclic) bond motifs is 1. The van der Waals surface area contributed by atoms with Crippen molar-refractivity contribution >= 4 is 17.5 Å². The van der Waals surface area contributed by atoms with Gasteiger partial charge >= 0.3 is 5.97 Å². The van der Waals surface area contributed by atoms with Gasteiger partial charge in [-0.25, -0.2) is 4.98 Å². The number of carbonyl (C=O) groups is 2. The number of amides is 1. The van der Waals surface area contributed by atoms with Crippen LogP contribution in [0, 0.1) is 11.8 Å². The highest BCUT2D eigenvalue weighted by molar-refractivity contribution is 5.94. The van der Waals surface area contributed by atoms with Gasteiger partial charge in [-0.15, -0.1) is 0 Å². The highest BCUT2D eigenvalue weighted by Gasteiger charge is 2.20. The van der Waals surface area contributed by atoms with E-state index in [0.717, 1.165) is 37.2 Å². The van der Waals surface area contributed by atoms with Crippen LogP contribution in [0.4, 0.5) is 0 Å². The highest BCUT2D eigenvalue weighted by Crippen LogP contribution is 2.28. The van der Waals surface area contributed by atoms with Crippen molar-refractivity contribution in [2.45, 2.75) is 53.4 Å². The van der Waals surface area contributed by atoms with Gasteiger partial charge in [-0.2, -0.15) is 0 Å². The predicted molar refractivity (Wildman–Crippen MR) is 137 cm³/mol. The van der Waals surface area contributed by atoms with Crippen molar-refractivity contribution in [3.05, 3.63) is 53.9 Å². The van der Waals surface area contributed by atoms with Gasteiger partial charge in [0.2, 0.25) is 0 Å². The number of nitrogens with zero attached hydrogens (tertiary/aromatic N) is 3. The molecule has 3 rings (SSSR count). The monoisotopic (exact) mass is 479 g/mol. The molecule has 3 aromatic rings. The third kappa shape index (κ3) is 6.84. The first kappa shape index (κ1) is 26.3. The number of methoxy groups -OCH3 is 1. The van der Waals surface area contributed by atoms with Crippen LogP contribution in [0.3, 0.4) is 0 Å². The smallest absolute Gasteiger partial charge is 0.305 e. The summed E-state index contributed by atoms with van der Waals surface area (Å²) >= 11 is 0. The SMILES string of the molecule is COC(=O)CCc1c(-c2cccc(O)c2)nc2ccc(C(=O)N(CCC(C)C)CCC(C)C)cn12. The van der Waals surface area contributed by atoms with Crippen molar-refractivity contribution in [1.82, 2.24) is 14.3 Å². The first-order chi connectivity index (χ1) is 16.7. The number of esters is 1. The summed E-state index contributed by atoms with van der Waals surface area (Å²) in [6.07, 6.45) is 4.29. The number of pyridine rings is 1. The fraction of sp³-hybridized carbons (Fsp3) is 0.464. The molecule has 0 bridgehead atoms. The number of phenols is 1. The van der Waals surface area contributed by atoms with Crippen molar-refractivity contribution in [3.8, 4) is 17.0 Å². The third-order valence-electron chi connectivity index (χ3n) is 6.12. The zero-order valence-electron chi connectivity index (χ0n) is 21.5. The molecule has 0 aliphatic rings. The largest absolute Gasteiger partial charge is 0.508 e. The Morgan fingerprint density at radius 2 is 1.74 bits per heavy atom. The molecule has 1 aromatic carbocycles. The highest BCUT2D eigenvalue weighted by atomic mass is 16.5. The second-order valence-electron chi connectivity index (χ2n) is 9.84. The van der Waals surface area contributed by atoms with Crippen LogP contribution in [0.5, 0.6) is 5.75 Å². The lowest BCUT2D eigenvalue weighted by molar-refractivity contribution is -0.140. The quantitative estimate of drug-likeness (QED) is 0.375. The van der Waals surface area contributed by atoms with Crippen LogP contribution >= 0.6 is 0 Å². The van der Waals surface area contributed by atoms with Crippen LogP contribution < -0.4 is 0 Å². The normalized spacial score (nSPS) is 11.4. The average molecular weight is 480 g/mol. The minimum absolute atomic E-state index is 0.000256. The van der Waals surface area contributed by atoms with Gasteiger partial charge in [-0.3, -0.25) is 9.59 Å². The molecule has 188 valence electrons. The van der Waals surface area contributed by atoms with Crippen LogP contribution in [0.2, 0.25) is 0 Å². The minimum atomic E-state index is -0.317. The summed E-state index contributed by atoms with van der Waals surface area (Å²) in [6, 6.07) is 10.5. The van der Waals surface area contributed by atoms with Gasteiger partial charge < -0.3 is 19.1 Å². The zero-order valence-corrected chi connectivity index (χ0v) is 21.5. The maximum Gasteiger partial charge on any atom is 0.305 e. The molecular formula is C28H37N3O4. The number of hydrogen-bond donors (Lipinski definition) is 1. The molecule has 0 aliphatic heterocycles. The molecule has 0 spiro atoms. The number of ether oxygens (including phenoxy) is 1. The Labute approximate surface area is 207 Å². The number of aryl methyl sites for hydroxylation is 1. The van der Waals surface area contributed by atoms with E-state index in [1.165, 1.54) is 7.11 Å². The Morgan fingerprint density at radius 1 is 1.06 bits per heavy atom. The van der Waals surface area contributed by atoms with Crippen LogP contribution in [0.1, 0.15) is 63.0 Å². The molecule has 1 N–H and O–H groups in total. The summed E-state index contributed by atoms with van der Waals surface area (Å²) in [5.41, 5.74) is 3.48. The molecule has 0 fully saturated rings. The molecule has 7 heteroatoms. The average Bonchev–Trinajstić information content (AvgIpc) is 3.19. The number of aromatic nitrogens is 2. The van der Waals surface area contributed by atoms with E-state index in [4.69, 9.17) is 9.72 Å². The van der Waals surface area contributed by atoms with Crippen molar-refractivity contribution in [3.63, 3.8) is 0 Å². The summed E-state index contributed by atoms with van der Waals surface area (Å²) < 4.78 is 6.73. The molecule has 0 radical (unpaired) electrons. The van der Waals surface area contributed by atoms with E-state index >= 15 is 0 Å². The number of imidazole rings is 1. The second kappa shape index (κ2) is 11.9. The molecule has 0 unspecified atom stereocenters. The number of hydrogen-bond acceptors (Lipinski definition) is 5. The van der Waals surface area contributed by atoms with Gasteiger partial charge in [-0.05, 0) is 48.9 Å². The van der Waals surface area contributed by atoms with Crippen LogP contribution in [0.25, 0.3) is 16.9 Å². The van der Waals surface area contributed by atoms with Gasteiger partial charge in [0, 0.05) is 31.3 Å². The van der Waals surface area contributed by atoms with Crippen molar-refractivity contribution in [2.75, 3.05) is 20.2 Å². The van der Waals surface area contributed by atoms with Crippen molar-refractivity contribution < 1.29 is 19.4 Å². The molecular weight excluding hydrogens is 442 g/mol. The van der Waals surface area contributed by atoms with Gasteiger partial charge in [0.05, 0.1) is 30.5 Å². The van der Waals surface area contributed by atoms with Gasteiger partial charge in [0.1, 0.15) is 11.4 Å². The van der Waals surface area contributed by atoms with Crippen LogP contribution in [-0.4, -0.2) is 51.5 Å². The summed E-state index contributed by atoms with van der Waals surface area (Å²) in [7, 11) is 1.37. The molecule has 2 heterocycles. The predicted octanol–water partition coefficient (Wildman–Crippen LogP) is 5.35. The molecule has 35 heavy (non-hydrogen) atoms. The summed E-state index contributed by atoms with van der Waals surface area (Å²) in [6.45, 7) is 10.1. The van der Waals surface area contributed by atoms with E-state index in [-0.39, 0.29) is 24.0 Å². The zero-order chi connectivity index (χ0) is 25.5. The summed E-state index contributed by atoms with van der Waals surface area (Å²) in [5.74, 6) is 0.841. The Balaban J connectivity index is 2.02. The fourth-order valence-corrected chi connectivity index (χ4v) is 3.99. The summed E-state index contributed by atoms with van der Waals surface area (Å²) in [5, 5.41) is 9.99. The fourth-order valence-electron chi connectivity index (χ4n) is 3.99. The molecule has 0 atom stereocenters. The first-order valence-electron chi connectivity index (χ1n) is 12.4. The van der Waals surface area contributed by atoms with E-state index in [9.17, 15) is 14.7 Å². The Bertz CT molecular complexity index is 1150. The minimum Gasteiger partial charge on any atom is -0.508 e. The van der Waals surface area contributed by atoms with Gasteiger partial charge in [0.25, 0.3) is 5.91 Å². The Morgan fingerprint density at radius 3 is 2.34 bits per heavy atom. The molecule has 0 saturated carbocycles. The summed E-state index contributed by atoms with van der Waals surface area (Å²) in [4.78, 5) is 32.2. The topological polar surface area (TPSA) is 84.1 Å². The maximum atomic E-state index is 13.5. The van der Waals surface area contributed by atoms with E-state index in [0.29, 0.717) is 35.2 Å². The van der Waals surface area contributed by atoms with Crippen LogP contribution in [-0.2, 0) is 16.0 Å². The maximum absolute atomic E-state index is 13.5. The number of carbonyl (C=O) groups excluding carboxylic acids is 2. The Kier molecular flexibility index (Phi) is 8.90. The molecule has 0 saturated heterocycles. The number of rotatable bonds is 11. The first-order valence-corrected chi connectivity index (χ1v) is 12.4. The van der Waals surface area contributed by atoms with E-state index in [1.54, 1.807) is 18.2 Å². The van der Waals surface area contributed by atoms with Gasteiger partial charge in [0.15, 0.2) is 0 Å². The Hall–Kier alpha value is -3.35.